The topological polar surface area (TPSA) is 84.6 Å². The van der Waals surface area contributed by atoms with Crippen LogP contribution in [-0.4, -0.2) is 46.1 Å². The van der Waals surface area contributed by atoms with Crippen LogP contribution in [0.1, 0.15) is 35.6 Å². The number of imidazole rings is 1. The van der Waals surface area contributed by atoms with E-state index in [1.54, 1.807) is 19.2 Å². The van der Waals surface area contributed by atoms with E-state index in [-0.39, 0.29) is 18.2 Å². The number of carbonyl (C=O) groups is 1. The molecule has 0 aliphatic heterocycles. The minimum Gasteiger partial charge on any atom is -0.478 e. The standard InChI is InChI=1S/C15H20N2O4/c1-3-5-13-16-14-11(15(19)20)6-4-7-12(14)17(13)10(8-18)9-21-2/h4,6-7,10,18H,3,5,8-9H2,1-2H3,(H,19,20). The predicted octanol–water partition coefficient (Wildman–Crippen LogP) is 1.87. The SMILES string of the molecule is CCCc1nc2c(C(=O)O)cccc2n1C(CO)COC. The Morgan fingerprint density at radius 2 is 2.24 bits per heavy atom. The third-order valence-corrected chi connectivity index (χ3v) is 3.43. The molecule has 1 unspecified atom stereocenters. The highest BCUT2D eigenvalue weighted by molar-refractivity contribution is 6.01. The van der Waals surface area contributed by atoms with Gasteiger partial charge in [-0.05, 0) is 18.6 Å². The lowest BCUT2D eigenvalue weighted by Crippen LogP contribution is -2.20. The van der Waals surface area contributed by atoms with Crippen LogP contribution in [-0.2, 0) is 11.2 Å². The Kier molecular flexibility index (Phi) is 4.93. The number of aromatic nitrogens is 2. The number of carboxylic acids is 1. The van der Waals surface area contributed by atoms with Crippen molar-refractivity contribution in [3.8, 4) is 0 Å². The van der Waals surface area contributed by atoms with Gasteiger partial charge in [-0.15, -0.1) is 0 Å². The second-order valence-electron chi connectivity index (χ2n) is 4.92. The number of rotatable bonds is 7. The van der Waals surface area contributed by atoms with E-state index in [0.29, 0.717) is 18.5 Å². The van der Waals surface area contributed by atoms with E-state index < -0.39 is 5.97 Å². The molecule has 0 amide bonds. The van der Waals surface area contributed by atoms with Crippen molar-refractivity contribution in [2.24, 2.45) is 0 Å². The van der Waals surface area contributed by atoms with Gasteiger partial charge < -0.3 is 19.5 Å². The van der Waals surface area contributed by atoms with Gasteiger partial charge in [-0.3, -0.25) is 0 Å². The number of nitrogens with zero attached hydrogens (tertiary/aromatic N) is 2. The number of aliphatic hydroxyl groups excluding tert-OH is 1. The fourth-order valence-corrected chi connectivity index (χ4v) is 2.55. The summed E-state index contributed by atoms with van der Waals surface area (Å²) < 4.78 is 7.05. The van der Waals surface area contributed by atoms with Crippen molar-refractivity contribution in [2.45, 2.75) is 25.8 Å². The summed E-state index contributed by atoms with van der Waals surface area (Å²) in [5.41, 5.74) is 1.36. The zero-order valence-electron chi connectivity index (χ0n) is 12.2. The summed E-state index contributed by atoms with van der Waals surface area (Å²) in [7, 11) is 1.57. The summed E-state index contributed by atoms with van der Waals surface area (Å²) in [4.78, 5) is 15.8. The van der Waals surface area contributed by atoms with Crippen molar-refractivity contribution >= 4 is 17.0 Å². The Morgan fingerprint density at radius 1 is 1.48 bits per heavy atom. The predicted molar refractivity (Wildman–Crippen MR) is 78.7 cm³/mol. The number of fused-ring (bicyclic) bond motifs is 1. The van der Waals surface area contributed by atoms with Crippen LogP contribution in [0.3, 0.4) is 0 Å². The summed E-state index contributed by atoms with van der Waals surface area (Å²) in [5.74, 6) is -0.224. The molecule has 0 saturated heterocycles. The maximum atomic E-state index is 11.3. The van der Waals surface area contributed by atoms with Gasteiger partial charge in [0.15, 0.2) is 0 Å². The van der Waals surface area contributed by atoms with Gasteiger partial charge in [0.05, 0.1) is 30.3 Å². The molecule has 2 rings (SSSR count). The molecule has 0 bridgehead atoms. The molecule has 0 spiro atoms. The van der Waals surface area contributed by atoms with Gasteiger partial charge in [-0.25, -0.2) is 9.78 Å². The minimum absolute atomic E-state index is 0.0900. The molecule has 21 heavy (non-hydrogen) atoms. The first kappa shape index (κ1) is 15.5. The van der Waals surface area contributed by atoms with Crippen molar-refractivity contribution in [2.75, 3.05) is 20.3 Å². The summed E-state index contributed by atoms with van der Waals surface area (Å²) in [6.07, 6.45) is 1.60. The minimum atomic E-state index is -0.999. The van der Waals surface area contributed by atoms with E-state index >= 15 is 0 Å². The van der Waals surface area contributed by atoms with E-state index in [2.05, 4.69) is 4.98 Å². The lowest BCUT2D eigenvalue weighted by atomic mass is 10.2. The van der Waals surface area contributed by atoms with Crippen molar-refractivity contribution < 1.29 is 19.7 Å². The molecule has 0 aliphatic carbocycles. The van der Waals surface area contributed by atoms with Crippen LogP contribution in [0.2, 0.25) is 0 Å². The van der Waals surface area contributed by atoms with Crippen molar-refractivity contribution in [1.29, 1.82) is 0 Å². The quantitative estimate of drug-likeness (QED) is 0.813. The monoisotopic (exact) mass is 292 g/mol. The van der Waals surface area contributed by atoms with Gasteiger partial charge in [0.25, 0.3) is 0 Å². The molecular weight excluding hydrogens is 272 g/mol. The van der Waals surface area contributed by atoms with Gasteiger partial charge in [0, 0.05) is 13.5 Å². The number of hydrogen-bond acceptors (Lipinski definition) is 4. The highest BCUT2D eigenvalue weighted by Crippen LogP contribution is 2.25. The van der Waals surface area contributed by atoms with Crippen molar-refractivity contribution in [3.63, 3.8) is 0 Å². The number of hydrogen-bond donors (Lipinski definition) is 2. The number of benzene rings is 1. The van der Waals surface area contributed by atoms with Crippen LogP contribution in [0.15, 0.2) is 18.2 Å². The van der Waals surface area contributed by atoms with Crippen LogP contribution in [0, 0.1) is 0 Å². The van der Waals surface area contributed by atoms with E-state index in [9.17, 15) is 15.0 Å². The summed E-state index contributed by atoms with van der Waals surface area (Å²) in [5, 5.41) is 18.9. The third kappa shape index (κ3) is 2.91. The first-order valence-corrected chi connectivity index (χ1v) is 6.96. The number of aryl methyl sites for hydroxylation is 1. The van der Waals surface area contributed by atoms with Crippen LogP contribution in [0.4, 0.5) is 0 Å². The smallest absolute Gasteiger partial charge is 0.337 e. The van der Waals surface area contributed by atoms with Gasteiger partial charge >= 0.3 is 5.97 Å². The molecule has 0 aliphatic rings. The zero-order valence-corrected chi connectivity index (χ0v) is 12.2. The Morgan fingerprint density at radius 3 is 2.81 bits per heavy atom. The maximum Gasteiger partial charge on any atom is 0.337 e. The normalized spacial score (nSPS) is 12.7. The number of para-hydroxylation sites is 1. The third-order valence-electron chi connectivity index (χ3n) is 3.43. The van der Waals surface area contributed by atoms with Gasteiger partial charge in [-0.2, -0.15) is 0 Å². The number of ether oxygens (including phenoxy) is 1. The average molecular weight is 292 g/mol. The summed E-state index contributed by atoms with van der Waals surface area (Å²) >= 11 is 0. The molecule has 0 fully saturated rings. The Labute approximate surface area is 123 Å². The molecule has 1 aromatic carbocycles. The zero-order chi connectivity index (χ0) is 15.4. The maximum absolute atomic E-state index is 11.3. The highest BCUT2D eigenvalue weighted by Gasteiger charge is 2.21. The Bertz CT molecular complexity index is 636. The molecule has 6 nitrogen and oxygen atoms in total. The molecule has 2 N–H and O–H groups in total. The lowest BCUT2D eigenvalue weighted by molar-refractivity contribution is 0.0699. The molecule has 0 saturated carbocycles. The largest absolute Gasteiger partial charge is 0.478 e. The second kappa shape index (κ2) is 6.69. The summed E-state index contributed by atoms with van der Waals surface area (Å²) in [6.45, 7) is 2.29. The van der Waals surface area contributed by atoms with Crippen LogP contribution >= 0.6 is 0 Å². The van der Waals surface area contributed by atoms with E-state index in [0.717, 1.165) is 17.8 Å². The fraction of sp³-hybridized carbons (Fsp3) is 0.467. The molecule has 0 radical (unpaired) electrons. The molecule has 2 aromatic rings. The molecule has 1 heterocycles. The Balaban J connectivity index is 2.68. The number of aromatic carboxylic acids is 1. The van der Waals surface area contributed by atoms with Gasteiger partial charge in [0.2, 0.25) is 0 Å². The lowest BCUT2D eigenvalue weighted by Gasteiger charge is -2.19. The second-order valence-corrected chi connectivity index (χ2v) is 4.92. The number of aliphatic hydroxyl groups is 1. The number of methoxy groups -OCH3 is 1. The molecular formula is C15H20N2O4. The van der Waals surface area contributed by atoms with Crippen molar-refractivity contribution in [3.05, 3.63) is 29.6 Å². The van der Waals surface area contributed by atoms with E-state index in [1.165, 1.54) is 0 Å². The summed E-state index contributed by atoms with van der Waals surface area (Å²) in [6, 6.07) is 4.79. The van der Waals surface area contributed by atoms with E-state index in [4.69, 9.17) is 4.74 Å². The van der Waals surface area contributed by atoms with Crippen LogP contribution < -0.4 is 0 Å². The Hall–Kier alpha value is -1.92. The fourth-order valence-electron chi connectivity index (χ4n) is 2.55. The van der Waals surface area contributed by atoms with Crippen molar-refractivity contribution in [1.82, 2.24) is 9.55 Å². The molecule has 6 heteroatoms. The van der Waals surface area contributed by atoms with Crippen LogP contribution in [0.25, 0.3) is 11.0 Å². The molecule has 114 valence electrons. The van der Waals surface area contributed by atoms with Crippen LogP contribution in [0.5, 0.6) is 0 Å². The molecule has 1 atom stereocenters. The molecule has 1 aromatic heterocycles. The van der Waals surface area contributed by atoms with Gasteiger partial charge in [0.1, 0.15) is 11.3 Å². The van der Waals surface area contributed by atoms with Gasteiger partial charge in [-0.1, -0.05) is 13.0 Å². The number of carboxylic acid groups (broad SMARTS) is 1. The first-order chi connectivity index (χ1) is 10.1. The first-order valence-electron chi connectivity index (χ1n) is 6.96. The van der Waals surface area contributed by atoms with E-state index in [1.807, 2.05) is 17.6 Å². The average Bonchev–Trinajstić information content (AvgIpc) is 2.83. The highest BCUT2D eigenvalue weighted by atomic mass is 16.5.